The number of hydrogen-bond acceptors (Lipinski definition) is 5. The normalized spacial score (nSPS) is 23.9. The zero-order valence-electron chi connectivity index (χ0n) is 13.7. The first-order chi connectivity index (χ1) is 11.4. The van der Waals surface area contributed by atoms with Gasteiger partial charge in [-0.25, -0.2) is 4.98 Å². The van der Waals surface area contributed by atoms with E-state index in [1.54, 1.807) is 0 Å². The van der Waals surface area contributed by atoms with Crippen molar-refractivity contribution in [2.45, 2.75) is 38.3 Å². The first-order valence-corrected chi connectivity index (χ1v) is 8.94. The van der Waals surface area contributed by atoms with Gasteiger partial charge in [-0.2, -0.15) is 0 Å². The average Bonchev–Trinajstić information content (AvgIpc) is 2.85. The van der Waals surface area contributed by atoms with Crippen LogP contribution in [0.4, 0.5) is 0 Å². The highest BCUT2D eigenvalue weighted by Crippen LogP contribution is 2.26. The zero-order chi connectivity index (χ0) is 15.5. The second-order valence-corrected chi connectivity index (χ2v) is 6.74. The number of nitrogens with zero attached hydrogens (tertiary/aromatic N) is 2. The third-order valence-corrected chi connectivity index (χ3v) is 4.92. The van der Waals surface area contributed by atoms with Gasteiger partial charge in [0.25, 0.3) is 0 Å². The van der Waals surface area contributed by atoms with E-state index < -0.39 is 0 Å². The standard InChI is InChI=1S/C18H26N4O/c1-2-8-20-15(4-1)18-21-16-12-14(5-6-17(16)23-18)13-22-10-3-7-19-9-11-22/h5-6,12,15,19-20H,1-4,7-11,13H2. The van der Waals surface area contributed by atoms with Crippen molar-refractivity contribution in [2.75, 3.05) is 32.7 Å². The van der Waals surface area contributed by atoms with E-state index in [1.165, 1.54) is 31.4 Å². The molecule has 1 aromatic heterocycles. The van der Waals surface area contributed by atoms with Crippen LogP contribution in [0.3, 0.4) is 0 Å². The lowest BCUT2D eigenvalue weighted by Gasteiger charge is -2.19. The molecule has 2 saturated heterocycles. The van der Waals surface area contributed by atoms with Crippen molar-refractivity contribution in [1.82, 2.24) is 20.5 Å². The van der Waals surface area contributed by atoms with Crippen molar-refractivity contribution < 1.29 is 4.42 Å². The predicted molar refractivity (Wildman–Crippen MR) is 91.4 cm³/mol. The minimum Gasteiger partial charge on any atom is -0.439 e. The Bertz CT molecular complexity index is 640. The summed E-state index contributed by atoms with van der Waals surface area (Å²) in [5, 5.41) is 6.97. The minimum atomic E-state index is 0.288. The number of piperidine rings is 1. The second kappa shape index (κ2) is 6.99. The van der Waals surface area contributed by atoms with E-state index in [2.05, 4.69) is 33.7 Å². The number of fused-ring (bicyclic) bond motifs is 1. The Morgan fingerprint density at radius 3 is 3.04 bits per heavy atom. The van der Waals surface area contributed by atoms with Gasteiger partial charge in [0, 0.05) is 19.6 Å². The molecule has 0 radical (unpaired) electrons. The van der Waals surface area contributed by atoms with Gasteiger partial charge in [-0.1, -0.05) is 12.5 Å². The van der Waals surface area contributed by atoms with Crippen LogP contribution in [0.2, 0.25) is 0 Å². The fourth-order valence-electron chi connectivity index (χ4n) is 3.62. The number of nitrogens with one attached hydrogen (secondary N) is 2. The number of hydrogen-bond donors (Lipinski definition) is 2. The first-order valence-electron chi connectivity index (χ1n) is 8.94. The highest BCUT2D eigenvalue weighted by molar-refractivity contribution is 5.73. The topological polar surface area (TPSA) is 53.3 Å². The summed E-state index contributed by atoms with van der Waals surface area (Å²) in [7, 11) is 0. The van der Waals surface area contributed by atoms with E-state index in [9.17, 15) is 0 Å². The number of benzene rings is 1. The molecule has 0 saturated carbocycles. The highest BCUT2D eigenvalue weighted by Gasteiger charge is 2.20. The van der Waals surface area contributed by atoms with Gasteiger partial charge >= 0.3 is 0 Å². The van der Waals surface area contributed by atoms with Crippen LogP contribution < -0.4 is 10.6 Å². The highest BCUT2D eigenvalue weighted by atomic mass is 16.3. The average molecular weight is 314 g/mol. The molecule has 2 aromatic rings. The van der Waals surface area contributed by atoms with E-state index in [4.69, 9.17) is 9.40 Å². The molecule has 1 atom stereocenters. The molecule has 3 heterocycles. The molecule has 23 heavy (non-hydrogen) atoms. The van der Waals surface area contributed by atoms with Gasteiger partial charge in [-0.05, 0) is 56.6 Å². The summed E-state index contributed by atoms with van der Waals surface area (Å²) in [5.74, 6) is 0.857. The Morgan fingerprint density at radius 2 is 2.13 bits per heavy atom. The van der Waals surface area contributed by atoms with Crippen molar-refractivity contribution in [1.29, 1.82) is 0 Å². The Labute approximate surface area is 137 Å². The molecule has 2 N–H and O–H groups in total. The van der Waals surface area contributed by atoms with E-state index >= 15 is 0 Å². The molecule has 1 aromatic carbocycles. The van der Waals surface area contributed by atoms with Crippen LogP contribution in [0.1, 0.15) is 43.2 Å². The smallest absolute Gasteiger partial charge is 0.212 e. The van der Waals surface area contributed by atoms with Crippen molar-refractivity contribution in [3.8, 4) is 0 Å². The molecule has 0 spiro atoms. The predicted octanol–water partition coefficient (Wildman–Crippen LogP) is 2.44. The maximum absolute atomic E-state index is 5.98. The monoisotopic (exact) mass is 314 g/mol. The van der Waals surface area contributed by atoms with Crippen LogP contribution in [-0.2, 0) is 6.54 Å². The van der Waals surface area contributed by atoms with Gasteiger partial charge in [-0.15, -0.1) is 0 Å². The second-order valence-electron chi connectivity index (χ2n) is 6.74. The summed E-state index contributed by atoms with van der Waals surface area (Å²) < 4.78 is 5.98. The molecule has 2 fully saturated rings. The number of aromatic nitrogens is 1. The van der Waals surface area contributed by atoms with Gasteiger partial charge in [0.2, 0.25) is 5.89 Å². The summed E-state index contributed by atoms with van der Waals surface area (Å²) in [6.45, 7) is 6.58. The Morgan fingerprint density at radius 1 is 1.13 bits per heavy atom. The van der Waals surface area contributed by atoms with Crippen molar-refractivity contribution in [3.05, 3.63) is 29.7 Å². The molecule has 2 aliphatic heterocycles. The molecule has 5 nitrogen and oxygen atoms in total. The fraction of sp³-hybridized carbons (Fsp3) is 0.611. The Hall–Kier alpha value is -1.43. The third kappa shape index (κ3) is 3.57. The summed E-state index contributed by atoms with van der Waals surface area (Å²) in [4.78, 5) is 7.27. The molecule has 0 aliphatic carbocycles. The van der Waals surface area contributed by atoms with Crippen LogP contribution in [0.25, 0.3) is 11.1 Å². The van der Waals surface area contributed by atoms with Crippen LogP contribution in [0, 0.1) is 0 Å². The van der Waals surface area contributed by atoms with E-state index in [1.807, 2.05) is 0 Å². The molecule has 0 amide bonds. The molecular formula is C18H26N4O. The minimum absolute atomic E-state index is 0.288. The summed E-state index contributed by atoms with van der Waals surface area (Å²) in [6.07, 6.45) is 4.86. The molecule has 4 rings (SSSR count). The number of oxazole rings is 1. The molecule has 2 aliphatic rings. The quantitative estimate of drug-likeness (QED) is 0.911. The molecule has 0 bridgehead atoms. The summed E-state index contributed by atoms with van der Waals surface area (Å²) >= 11 is 0. The lowest BCUT2D eigenvalue weighted by molar-refractivity contribution is 0.284. The molecule has 1 unspecified atom stereocenters. The van der Waals surface area contributed by atoms with E-state index in [0.29, 0.717) is 0 Å². The van der Waals surface area contributed by atoms with Crippen LogP contribution in [0.5, 0.6) is 0 Å². The molecule has 124 valence electrons. The lowest BCUT2D eigenvalue weighted by Crippen LogP contribution is -2.27. The largest absolute Gasteiger partial charge is 0.439 e. The van der Waals surface area contributed by atoms with Gasteiger partial charge in [0.05, 0.1) is 6.04 Å². The maximum atomic E-state index is 5.98. The van der Waals surface area contributed by atoms with Gasteiger partial charge in [-0.3, -0.25) is 4.90 Å². The van der Waals surface area contributed by atoms with Crippen molar-refractivity contribution in [2.24, 2.45) is 0 Å². The van der Waals surface area contributed by atoms with Gasteiger partial charge < -0.3 is 15.1 Å². The summed E-state index contributed by atoms with van der Waals surface area (Å²) in [5.41, 5.74) is 3.24. The van der Waals surface area contributed by atoms with Crippen LogP contribution in [0.15, 0.2) is 22.6 Å². The fourth-order valence-corrected chi connectivity index (χ4v) is 3.62. The molecule has 5 heteroatoms. The van der Waals surface area contributed by atoms with E-state index in [0.717, 1.165) is 56.1 Å². The lowest BCUT2D eigenvalue weighted by atomic mass is 10.1. The third-order valence-electron chi connectivity index (χ3n) is 4.92. The first kappa shape index (κ1) is 15.1. The maximum Gasteiger partial charge on any atom is 0.212 e. The van der Waals surface area contributed by atoms with Crippen LogP contribution in [-0.4, -0.2) is 42.6 Å². The van der Waals surface area contributed by atoms with E-state index in [-0.39, 0.29) is 6.04 Å². The van der Waals surface area contributed by atoms with Crippen LogP contribution >= 0.6 is 0 Å². The summed E-state index contributed by atoms with van der Waals surface area (Å²) in [6, 6.07) is 6.75. The SMILES string of the molecule is c1cc2oc(C3CCCCN3)nc2cc1CN1CCCNCC1. The Kier molecular flexibility index (Phi) is 4.60. The number of rotatable bonds is 3. The van der Waals surface area contributed by atoms with Crippen molar-refractivity contribution >= 4 is 11.1 Å². The zero-order valence-corrected chi connectivity index (χ0v) is 13.7. The van der Waals surface area contributed by atoms with Gasteiger partial charge in [0.15, 0.2) is 5.58 Å². The molecular weight excluding hydrogens is 288 g/mol. The van der Waals surface area contributed by atoms with Gasteiger partial charge in [0.1, 0.15) is 5.52 Å². The Balaban J connectivity index is 1.50. The van der Waals surface area contributed by atoms with Crippen molar-refractivity contribution in [3.63, 3.8) is 0 Å².